The summed E-state index contributed by atoms with van der Waals surface area (Å²) in [6.45, 7) is 2.43. The summed E-state index contributed by atoms with van der Waals surface area (Å²) in [5.41, 5.74) is -0.327. The van der Waals surface area contributed by atoms with Crippen LogP contribution in [-0.4, -0.2) is 38.2 Å². The Hall–Kier alpha value is -1.76. The van der Waals surface area contributed by atoms with Gasteiger partial charge in [0.15, 0.2) is 0 Å². The normalized spacial score (nSPS) is 12.9. The number of carbonyl (C=O) groups excluding carboxylic acids is 1. The van der Waals surface area contributed by atoms with E-state index in [1.54, 1.807) is 20.0 Å². The molecule has 0 radical (unpaired) electrons. The summed E-state index contributed by atoms with van der Waals surface area (Å²) < 4.78 is 42.8. The van der Waals surface area contributed by atoms with E-state index in [0.717, 1.165) is 12.1 Å². The largest absolute Gasteiger partial charge is 0.416 e. The molecule has 0 bridgehead atoms. The van der Waals surface area contributed by atoms with Crippen LogP contribution in [0.25, 0.3) is 0 Å². The van der Waals surface area contributed by atoms with E-state index in [-0.39, 0.29) is 6.03 Å². The van der Waals surface area contributed by atoms with Gasteiger partial charge in [-0.25, -0.2) is 4.79 Å². The number of halogens is 3. The Morgan fingerprint density at radius 3 is 2.67 bits per heavy atom. The molecule has 21 heavy (non-hydrogen) atoms. The van der Waals surface area contributed by atoms with E-state index in [1.807, 2.05) is 0 Å². The van der Waals surface area contributed by atoms with E-state index in [1.165, 1.54) is 18.1 Å². The van der Waals surface area contributed by atoms with Crippen LogP contribution < -0.4 is 5.32 Å². The zero-order valence-electron chi connectivity index (χ0n) is 12.2. The molecule has 7 heteroatoms. The summed E-state index contributed by atoms with van der Waals surface area (Å²) in [7, 11) is 3.12. The monoisotopic (exact) mass is 304 g/mol. The lowest BCUT2D eigenvalue weighted by atomic mass is 10.1. The van der Waals surface area contributed by atoms with E-state index in [9.17, 15) is 18.0 Å². The summed E-state index contributed by atoms with van der Waals surface area (Å²) in [4.78, 5) is 13.3. The van der Waals surface area contributed by atoms with Crippen molar-refractivity contribution in [2.24, 2.45) is 0 Å². The number of benzene rings is 1. The first-order valence-electron chi connectivity index (χ1n) is 6.43. The molecule has 0 aliphatic carbocycles. The van der Waals surface area contributed by atoms with Crippen LogP contribution in [0.4, 0.5) is 18.0 Å². The molecule has 0 saturated heterocycles. The highest BCUT2D eigenvalue weighted by molar-refractivity contribution is 5.74. The van der Waals surface area contributed by atoms with Gasteiger partial charge in [0.05, 0.1) is 18.2 Å². The number of hydrogen-bond acceptors (Lipinski definition) is 2. The minimum Gasteiger partial charge on any atom is -0.383 e. The van der Waals surface area contributed by atoms with Gasteiger partial charge in [0.1, 0.15) is 0 Å². The molecule has 1 atom stereocenters. The Morgan fingerprint density at radius 2 is 2.10 bits per heavy atom. The second kappa shape index (κ2) is 7.31. The van der Waals surface area contributed by atoms with Crippen molar-refractivity contribution in [2.45, 2.75) is 19.1 Å². The lowest BCUT2D eigenvalue weighted by Crippen LogP contribution is -2.40. The Morgan fingerprint density at radius 1 is 1.43 bits per heavy atom. The molecule has 1 aromatic carbocycles. The summed E-state index contributed by atoms with van der Waals surface area (Å²) in [5.74, 6) is 0. The molecule has 1 rings (SSSR count). The average Bonchev–Trinajstić information content (AvgIpc) is 2.43. The molecule has 4 nitrogen and oxygen atoms in total. The molecule has 0 aliphatic heterocycles. The van der Waals surface area contributed by atoms with Crippen molar-refractivity contribution >= 4 is 6.03 Å². The molecule has 1 aromatic rings. The molecule has 0 aliphatic rings. The van der Waals surface area contributed by atoms with Crippen LogP contribution in [0.15, 0.2) is 24.3 Å². The molecule has 118 valence electrons. The van der Waals surface area contributed by atoms with Gasteiger partial charge >= 0.3 is 12.2 Å². The zero-order chi connectivity index (χ0) is 16.0. The number of nitrogens with one attached hydrogen (secondary N) is 1. The van der Waals surface area contributed by atoms with Gasteiger partial charge in [-0.1, -0.05) is 12.1 Å². The maximum Gasteiger partial charge on any atom is 0.416 e. The molecule has 1 N–H and O–H groups in total. The standard InChI is InChI=1S/C14H19F3N2O2/c1-10(18-13(20)19(2)7-8-21-3)11-5-4-6-12(9-11)14(15,16)17/h4-6,9-10H,7-8H2,1-3H3,(H,18,20). The van der Waals surface area contributed by atoms with Gasteiger partial charge in [-0.2, -0.15) is 13.2 Å². The number of amides is 2. The fourth-order valence-corrected chi connectivity index (χ4v) is 1.69. The number of urea groups is 1. The Balaban J connectivity index is 2.71. The van der Waals surface area contributed by atoms with Crippen LogP contribution in [0, 0.1) is 0 Å². The Kier molecular flexibility index (Phi) is 6.02. The molecule has 0 fully saturated rings. The molecule has 0 spiro atoms. The Labute approximate surface area is 121 Å². The minimum atomic E-state index is -4.39. The third-order valence-corrected chi connectivity index (χ3v) is 3.03. The van der Waals surface area contributed by atoms with Crippen LogP contribution in [-0.2, 0) is 10.9 Å². The van der Waals surface area contributed by atoms with Gasteiger partial charge in [-0.05, 0) is 24.6 Å². The highest BCUT2D eigenvalue weighted by atomic mass is 19.4. The number of alkyl halides is 3. The SMILES string of the molecule is COCCN(C)C(=O)NC(C)c1cccc(C(F)(F)F)c1. The first-order valence-corrected chi connectivity index (χ1v) is 6.43. The molecular weight excluding hydrogens is 285 g/mol. The second-order valence-corrected chi connectivity index (χ2v) is 4.71. The number of rotatable bonds is 5. The summed E-state index contributed by atoms with van der Waals surface area (Å²) in [5, 5.41) is 2.65. The number of methoxy groups -OCH3 is 1. The highest BCUT2D eigenvalue weighted by Gasteiger charge is 2.30. The van der Waals surface area contributed by atoms with E-state index in [4.69, 9.17) is 4.74 Å². The number of likely N-dealkylation sites (N-methyl/N-ethyl adjacent to an activating group) is 1. The smallest absolute Gasteiger partial charge is 0.383 e. The van der Waals surface area contributed by atoms with Gasteiger partial charge in [0, 0.05) is 20.7 Å². The number of hydrogen-bond donors (Lipinski definition) is 1. The van der Waals surface area contributed by atoms with E-state index in [2.05, 4.69) is 5.32 Å². The predicted octanol–water partition coefficient (Wildman–Crippen LogP) is 3.05. The third-order valence-electron chi connectivity index (χ3n) is 3.03. The minimum absolute atomic E-state index is 0.364. The van der Waals surface area contributed by atoms with Crippen molar-refractivity contribution in [3.05, 3.63) is 35.4 Å². The van der Waals surface area contributed by atoms with Crippen molar-refractivity contribution < 1.29 is 22.7 Å². The number of carbonyl (C=O) groups is 1. The predicted molar refractivity (Wildman–Crippen MR) is 72.9 cm³/mol. The third kappa shape index (κ3) is 5.26. The highest BCUT2D eigenvalue weighted by Crippen LogP contribution is 2.30. The van der Waals surface area contributed by atoms with E-state index < -0.39 is 17.8 Å². The van der Waals surface area contributed by atoms with Gasteiger partial charge in [0.2, 0.25) is 0 Å². The van der Waals surface area contributed by atoms with Crippen molar-refractivity contribution in [3.63, 3.8) is 0 Å². The van der Waals surface area contributed by atoms with Crippen molar-refractivity contribution in [1.82, 2.24) is 10.2 Å². The number of ether oxygens (including phenoxy) is 1. The lowest BCUT2D eigenvalue weighted by molar-refractivity contribution is -0.137. The first-order chi connectivity index (χ1) is 9.75. The average molecular weight is 304 g/mol. The zero-order valence-corrected chi connectivity index (χ0v) is 12.2. The van der Waals surface area contributed by atoms with Crippen molar-refractivity contribution in [2.75, 3.05) is 27.3 Å². The molecule has 2 amide bonds. The van der Waals surface area contributed by atoms with Crippen molar-refractivity contribution in [1.29, 1.82) is 0 Å². The summed E-state index contributed by atoms with van der Waals surface area (Å²) in [6.07, 6.45) is -4.39. The summed E-state index contributed by atoms with van der Waals surface area (Å²) >= 11 is 0. The van der Waals surface area contributed by atoms with Crippen LogP contribution in [0.3, 0.4) is 0 Å². The molecule has 1 unspecified atom stereocenters. The topological polar surface area (TPSA) is 41.6 Å². The molecule has 0 aromatic heterocycles. The maximum absolute atomic E-state index is 12.7. The molecular formula is C14H19F3N2O2. The van der Waals surface area contributed by atoms with Crippen LogP contribution in [0.2, 0.25) is 0 Å². The maximum atomic E-state index is 12.7. The quantitative estimate of drug-likeness (QED) is 0.908. The summed E-state index contributed by atoms with van der Waals surface area (Å²) in [6, 6.07) is 4.04. The van der Waals surface area contributed by atoms with Crippen LogP contribution in [0.1, 0.15) is 24.1 Å². The fourth-order valence-electron chi connectivity index (χ4n) is 1.69. The van der Waals surface area contributed by atoms with Crippen LogP contribution >= 0.6 is 0 Å². The van der Waals surface area contributed by atoms with Crippen LogP contribution in [0.5, 0.6) is 0 Å². The molecule has 0 saturated carbocycles. The van der Waals surface area contributed by atoms with Gasteiger partial charge in [0.25, 0.3) is 0 Å². The van der Waals surface area contributed by atoms with Gasteiger partial charge < -0.3 is 15.0 Å². The van der Waals surface area contributed by atoms with Gasteiger partial charge in [-0.15, -0.1) is 0 Å². The lowest BCUT2D eigenvalue weighted by Gasteiger charge is -2.21. The molecule has 0 heterocycles. The van der Waals surface area contributed by atoms with E-state index >= 15 is 0 Å². The second-order valence-electron chi connectivity index (χ2n) is 4.71. The fraction of sp³-hybridized carbons (Fsp3) is 0.500. The van der Waals surface area contributed by atoms with E-state index in [0.29, 0.717) is 18.7 Å². The number of nitrogens with zero attached hydrogens (tertiary/aromatic N) is 1. The van der Waals surface area contributed by atoms with Gasteiger partial charge in [-0.3, -0.25) is 0 Å². The first kappa shape index (κ1) is 17.3. The Bertz CT molecular complexity index is 478. The van der Waals surface area contributed by atoms with Crippen molar-refractivity contribution in [3.8, 4) is 0 Å².